The SMILES string of the molecule is c1ccc(CNCc2cncc(-c3ccc4[nH]nc(-c5cc6c(-c7ccsc7)ccnc6[nH]5)c4n3)c2)cc1. The van der Waals surface area contributed by atoms with E-state index in [0.29, 0.717) is 0 Å². The van der Waals surface area contributed by atoms with Crippen LogP contribution in [0, 0.1) is 0 Å². The number of fused-ring (bicyclic) bond motifs is 2. The highest BCUT2D eigenvalue weighted by molar-refractivity contribution is 7.08. The molecular formula is C30H23N7S. The van der Waals surface area contributed by atoms with Crippen LogP contribution >= 0.6 is 11.3 Å². The highest BCUT2D eigenvalue weighted by Crippen LogP contribution is 2.34. The number of H-pyrrole nitrogens is 2. The third-order valence-electron chi connectivity index (χ3n) is 6.62. The molecule has 184 valence electrons. The molecule has 0 saturated carbocycles. The Morgan fingerprint density at radius 2 is 1.79 bits per heavy atom. The van der Waals surface area contributed by atoms with Gasteiger partial charge in [0.25, 0.3) is 0 Å². The summed E-state index contributed by atoms with van der Waals surface area (Å²) in [7, 11) is 0. The Hall–Kier alpha value is -4.66. The maximum Gasteiger partial charge on any atom is 0.138 e. The molecule has 1 aromatic carbocycles. The zero-order chi connectivity index (χ0) is 25.3. The molecule has 0 aliphatic heterocycles. The number of hydrogen-bond donors (Lipinski definition) is 3. The van der Waals surface area contributed by atoms with Gasteiger partial charge in [0.1, 0.15) is 16.9 Å². The first-order valence-electron chi connectivity index (χ1n) is 12.4. The van der Waals surface area contributed by atoms with Crippen molar-refractivity contribution in [2.75, 3.05) is 0 Å². The second-order valence-corrected chi connectivity index (χ2v) is 9.93. The fraction of sp³-hybridized carbons (Fsp3) is 0.0667. The molecule has 7 rings (SSSR count). The van der Waals surface area contributed by atoms with E-state index in [2.05, 4.69) is 89.8 Å². The van der Waals surface area contributed by atoms with Gasteiger partial charge < -0.3 is 10.3 Å². The lowest BCUT2D eigenvalue weighted by Crippen LogP contribution is -2.12. The van der Waals surface area contributed by atoms with Gasteiger partial charge >= 0.3 is 0 Å². The van der Waals surface area contributed by atoms with Crippen molar-refractivity contribution in [3.8, 4) is 33.8 Å². The number of benzene rings is 1. The predicted molar refractivity (Wildman–Crippen MR) is 153 cm³/mol. The Morgan fingerprint density at radius 1 is 0.868 bits per heavy atom. The van der Waals surface area contributed by atoms with Crippen LogP contribution in [0.25, 0.3) is 55.8 Å². The van der Waals surface area contributed by atoms with E-state index in [9.17, 15) is 0 Å². The third kappa shape index (κ3) is 4.26. The first-order chi connectivity index (χ1) is 18.8. The lowest BCUT2D eigenvalue weighted by atomic mass is 10.1. The van der Waals surface area contributed by atoms with Crippen LogP contribution in [-0.2, 0) is 13.1 Å². The smallest absolute Gasteiger partial charge is 0.138 e. The van der Waals surface area contributed by atoms with Gasteiger partial charge in [-0.2, -0.15) is 16.4 Å². The maximum atomic E-state index is 5.00. The largest absolute Gasteiger partial charge is 0.338 e. The number of thiophene rings is 1. The summed E-state index contributed by atoms with van der Waals surface area (Å²) in [4.78, 5) is 17.5. The number of nitrogens with zero attached hydrogens (tertiary/aromatic N) is 4. The Balaban J connectivity index is 1.20. The quantitative estimate of drug-likeness (QED) is 0.224. The minimum Gasteiger partial charge on any atom is -0.338 e. The van der Waals surface area contributed by atoms with Gasteiger partial charge in [0.2, 0.25) is 0 Å². The molecule has 0 aliphatic rings. The van der Waals surface area contributed by atoms with Crippen molar-refractivity contribution in [2.24, 2.45) is 0 Å². The van der Waals surface area contributed by atoms with Gasteiger partial charge in [-0.3, -0.25) is 10.1 Å². The lowest BCUT2D eigenvalue weighted by Gasteiger charge is -2.07. The molecule has 6 heterocycles. The van der Waals surface area contributed by atoms with Crippen LogP contribution in [0.1, 0.15) is 11.1 Å². The summed E-state index contributed by atoms with van der Waals surface area (Å²) < 4.78 is 0. The average molecular weight is 514 g/mol. The van der Waals surface area contributed by atoms with Crippen LogP contribution in [0.5, 0.6) is 0 Å². The molecule has 0 amide bonds. The first kappa shape index (κ1) is 22.5. The molecule has 7 nitrogen and oxygen atoms in total. The summed E-state index contributed by atoms with van der Waals surface area (Å²) in [5.41, 5.74) is 10.7. The van der Waals surface area contributed by atoms with Crippen LogP contribution < -0.4 is 5.32 Å². The van der Waals surface area contributed by atoms with Gasteiger partial charge in [-0.15, -0.1) is 0 Å². The summed E-state index contributed by atoms with van der Waals surface area (Å²) in [6.45, 7) is 1.53. The molecule has 0 unspecified atom stereocenters. The number of aromatic amines is 2. The molecule has 0 atom stereocenters. The summed E-state index contributed by atoms with van der Waals surface area (Å²) in [5, 5.41) is 16.5. The molecule has 8 heteroatoms. The van der Waals surface area contributed by atoms with Gasteiger partial charge in [-0.1, -0.05) is 30.3 Å². The van der Waals surface area contributed by atoms with E-state index >= 15 is 0 Å². The lowest BCUT2D eigenvalue weighted by molar-refractivity contribution is 0.691. The van der Waals surface area contributed by atoms with Crippen molar-refractivity contribution in [1.82, 2.24) is 35.5 Å². The van der Waals surface area contributed by atoms with E-state index in [0.717, 1.165) is 68.9 Å². The van der Waals surface area contributed by atoms with Gasteiger partial charge in [-0.05, 0) is 69.4 Å². The van der Waals surface area contributed by atoms with Crippen LogP contribution in [0.3, 0.4) is 0 Å². The fourth-order valence-corrected chi connectivity index (χ4v) is 5.40. The Bertz CT molecular complexity index is 1850. The van der Waals surface area contributed by atoms with Crippen molar-refractivity contribution in [2.45, 2.75) is 13.1 Å². The average Bonchev–Trinajstić information content (AvgIpc) is 3.73. The molecule has 7 aromatic rings. The molecule has 0 spiro atoms. The van der Waals surface area contributed by atoms with Crippen molar-refractivity contribution >= 4 is 33.4 Å². The molecule has 0 aliphatic carbocycles. The van der Waals surface area contributed by atoms with Crippen molar-refractivity contribution in [3.05, 3.63) is 107 Å². The summed E-state index contributed by atoms with van der Waals surface area (Å²) >= 11 is 1.69. The summed E-state index contributed by atoms with van der Waals surface area (Å²) in [6.07, 6.45) is 5.59. The first-order valence-corrected chi connectivity index (χ1v) is 13.3. The van der Waals surface area contributed by atoms with Crippen molar-refractivity contribution in [1.29, 1.82) is 0 Å². The second kappa shape index (κ2) is 9.66. The van der Waals surface area contributed by atoms with Gasteiger partial charge in [0.15, 0.2) is 0 Å². The van der Waals surface area contributed by atoms with Crippen LogP contribution in [0.15, 0.2) is 96.1 Å². The highest BCUT2D eigenvalue weighted by atomic mass is 32.1. The number of aromatic nitrogens is 6. The van der Waals surface area contributed by atoms with Crippen LogP contribution in [0.2, 0.25) is 0 Å². The molecule has 6 aromatic heterocycles. The zero-order valence-electron chi connectivity index (χ0n) is 20.3. The minimum absolute atomic E-state index is 0.726. The molecule has 38 heavy (non-hydrogen) atoms. The zero-order valence-corrected chi connectivity index (χ0v) is 21.2. The predicted octanol–water partition coefficient (Wildman–Crippen LogP) is 6.58. The molecule has 3 N–H and O–H groups in total. The maximum absolute atomic E-state index is 5.00. The minimum atomic E-state index is 0.726. The Morgan fingerprint density at radius 3 is 2.68 bits per heavy atom. The molecule has 0 saturated heterocycles. The van der Waals surface area contributed by atoms with Crippen LogP contribution in [-0.4, -0.2) is 30.1 Å². The van der Waals surface area contributed by atoms with E-state index < -0.39 is 0 Å². The number of pyridine rings is 3. The van der Waals surface area contributed by atoms with E-state index in [-0.39, 0.29) is 0 Å². The van der Waals surface area contributed by atoms with Gasteiger partial charge in [0, 0.05) is 42.6 Å². The van der Waals surface area contributed by atoms with Crippen LogP contribution in [0.4, 0.5) is 0 Å². The Kier molecular flexibility index (Phi) is 5.73. The standard InChI is InChI=1S/C30H23N7S/c1-2-4-19(5-3-1)14-31-15-20-12-22(17-32-16-20)25-6-7-26-28(34-25)29(37-36-26)27-13-24-23(21-9-11-38-18-21)8-10-33-30(24)35-27/h1-13,16-18,31H,14-15H2,(H,33,35)(H,36,37). The van der Waals surface area contributed by atoms with E-state index in [4.69, 9.17) is 4.98 Å². The topological polar surface area (TPSA) is 95.2 Å². The van der Waals surface area contributed by atoms with E-state index in [1.807, 2.05) is 36.8 Å². The summed E-state index contributed by atoms with van der Waals surface area (Å²) in [5.74, 6) is 0. The van der Waals surface area contributed by atoms with Crippen molar-refractivity contribution < 1.29 is 0 Å². The fourth-order valence-electron chi connectivity index (χ4n) is 4.74. The Labute approximate surface area is 222 Å². The highest BCUT2D eigenvalue weighted by Gasteiger charge is 2.16. The molecule has 0 fully saturated rings. The molecule has 0 bridgehead atoms. The van der Waals surface area contributed by atoms with Gasteiger partial charge in [0.05, 0.1) is 16.9 Å². The third-order valence-corrected chi connectivity index (χ3v) is 7.30. The monoisotopic (exact) mass is 513 g/mol. The van der Waals surface area contributed by atoms with Crippen molar-refractivity contribution in [3.63, 3.8) is 0 Å². The number of hydrogen-bond acceptors (Lipinski definition) is 6. The molecular weight excluding hydrogens is 490 g/mol. The summed E-state index contributed by atoms with van der Waals surface area (Å²) in [6, 6.07) is 22.8. The number of rotatable bonds is 7. The second-order valence-electron chi connectivity index (χ2n) is 9.15. The number of nitrogens with one attached hydrogen (secondary N) is 3. The molecule has 0 radical (unpaired) electrons. The normalized spacial score (nSPS) is 11.5. The van der Waals surface area contributed by atoms with E-state index in [1.165, 1.54) is 11.1 Å². The van der Waals surface area contributed by atoms with E-state index in [1.54, 1.807) is 11.3 Å². The van der Waals surface area contributed by atoms with Gasteiger partial charge in [-0.25, -0.2) is 9.97 Å².